The summed E-state index contributed by atoms with van der Waals surface area (Å²) in [6, 6.07) is 21.4. The lowest BCUT2D eigenvalue weighted by Crippen LogP contribution is -2.53. The van der Waals surface area contributed by atoms with Crippen molar-refractivity contribution in [3.05, 3.63) is 90.0 Å². The van der Waals surface area contributed by atoms with Crippen LogP contribution in [0.3, 0.4) is 0 Å². The van der Waals surface area contributed by atoms with Gasteiger partial charge in [-0.2, -0.15) is 0 Å². The second-order valence-corrected chi connectivity index (χ2v) is 11.7. The Balaban J connectivity index is 2.05. The van der Waals surface area contributed by atoms with Crippen molar-refractivity contribution >= 4 is 27.5 Å². The maximum atomic E-state index is 14.1. The molecule has 0 spiro atoms. The molecule has 0 saturated carbocycles. The molecule has 0 aromatic heterocycles. The van der Waals surface area contributed by atoms with Crippen LogP contribution < -0.4 is 14.4 Å². The van der Waals surface area contributed by atoms with Crippen LogP contribution in [0.25, 0.3) is 0 Å². The molecule has 8 nitrogen and oxygen atoms in total. The van der Waals surface area contributed by atoms with Gasteiger partial charge in [-0.3, -0.25) is 13.9 Å². The van der Waals surface area contributed by atoms with E-state index in [9.17, 15) is 18.0 Å². The highest BCUT2D eigenvalue weighted by atomic mass is 32.2. The summed E-state index contributed by atoms with van der Waals surface area (Å²) in [5.41, 5.74) is 2.19. The van der Waals surface area contributed by atoms with E-state index in [0.29, 0.717) is 24.5 Å². The average molecular weight is 566 g/mol. The van der Waals surface area contributed by atoms with Crippen LogP contribution in [-0.2, 0) is 26.2 Å². The van der Waals surface area contributed by atoms with Crippen LogP contribution in [0, 0.1) is 6.92 Å². The first-order valence-electron chi connectivity index (χ1n) is 13.5. The van der Waals surface area contributed by atoms with Crippen LogP contribution in [0.4, 0.5) is 5.69 Å². The summed E-state index contributed by atoms with van der Waals surface area (Å²) >= 11 is 0. The van der Waals surface area contributed by atoms with Crippen molar-refractivity contribution < 1.29 is 22.7 Å². The predicted molar refractivity (Wildman–Crippen MR) is 158 cm³/mol. The fourth-order valence-electron chi connectivity index (χ4n) is 4.43. The Morgan fingerprint density at radius 3 is 2.17 bits per heavy atom. The van der Waals surface area contributed by atoms with E-state index in [4.69, 9.17) is 4.74 Å². The molecule has 0 radical (unpaired) electrons. The molecule has 40 heavy (non-hydrogen) atoms. The number of benzene rings is 3. The van der Waals surface area contributed by atoms with E-state index in [1.165, 1.54) is 17.0 Å². The number of hydrogen-bond acceptors (Lipinski definition) is 5. The maximum Gasteiger partial charge on any atom is 0.264 e. The standard InChI is InChI=1S/C31H39N3O5S/c1-6-29(31(36)32-23(3)4)33(21-25-13-11-12-24(5)20-25)30(35)22-34(26-16-18-27(19-17-26)39-7-2)40(37,38)28-14-9-8-10-15-28/h8-20,23,29H,6-7,21-22H2,1-5H3,(H,32,36)/t29-/m1/s1. The Morgan fingerprint density at radius 2 is 1.60 bits per heavy atom. The van der Waals surface area contributed by atoms with E-state index in [1.807, 2.05) is 58.9 Å². The lowest BCUT2D eigenvalue weighted by Gasteiger charge is -2.33. The third-order valence-electron chi connectivity index (χ3n) is 6.30. The van der Waals surface area contributed by atoms with Gasteiger partial charge < -0.3 is 15.0 Å². The highest BCUT2D eigenvalue weighted by Gasteiger charge is 2.33. The van der Waals surface area contributed by atoms with Crippen molar-refractivity contribution in [3.8, 4) is 5.75 Å². The quantitative estimate of drug-likeness (QED) is 0.317. The minimum atomic E-state index is -4.11. The van der Waals surface area contributed by atoms with Gasteiger partial charge in [0.15, 0.2) is 0 Å². The second-order valence-electron chi connectivity index (χ2n) is 9.85. The fourth-order valence-corrected chi connectivity index (χ4v) is 5.87. The van der Waals surface area contributed by atoms with E-state index in [1.54, 1.807) is 42.5 Å². The zero-order chi connectivity index (χ0) is 29.3. The molecule has 0 fully saturated rings. The number of nitrogens with one attached hydrogen (secondary N) is 1. The zero-order valence-corrected chi connectivity index (χ0v) is 24.6. The van der Waals surface area contributed by atoms with Crippen LogP contribution in [-0.4, -0.2) is 50.4 Å². The molecule has 0 aliphatic heterocycles. The molecule has 0 heterocycles. The van der Waals surface area contributed by atoms with E-state index < -0.39 is 28.5 Å². The number of nitrogens with zero attached hydrogens (tertiary/aromatic N) is 2. The molecule has 214 valence electrons. The van der Waals surface area contributed by atoms with Crippen molar-refractivity contribution in [2.75, 3.05) is 17.5 Å². The Labute approximate surface area is 238 Å². The van der Waals surface area contributed by atoms with E-state index in [-0.39, 0.29) is 23.4 Å². The summed E-state index contributed by atoms with van der Waals surface area (Å²) in [4.78, 5) is 28.8. The zero-order valence-electron chi connectivity index (χ0n) is 23.8. The Hall–Kier alpha value is -3.85. The van der Waals surface area contributed by atoms with Gasteiger partial charge >= 0.3 is 0 Å². The highest BCUT2D eigenvalue weighted by Crippen LogP contribution is 2.27. The molecule has 2 amide bonds. The van der Waals surface area contributed by atoms with Gasteiger partial charge in [-0.25, -0.2) is 8.42 Å². The number of carbonyl (C=O) groups is 2. The fraction of sp³-hybridized carbons (Fsp3) is 0.355. The Morgan fingerprint density at radius 1 is 0.925 bits per heavy atom. The van der Waals surface area contributed by atoms with Gasteiger partial charge in [-0.05, 0) is 76.1 Å². The molecule has 9 heteroatoms. The van der Waals surface area contributed by atoms with Gasteiger partial charge in [0.05, 0.1) is 17.2 Å². The number of sulfonamides is 1. The van der Waals surface area contributed by atoms with Crippen molar-refractivity contribution in [2.24, 2.45) is 0 Å². The highest BCUT2D eigenvalue weighted by molar-refractivity contribution is 7.92. The van der Waals surface area contributed by atoms with Crippen molar-refractivity contribution in [3.63, 3.8) is 0 Å². The molecule has 0 bridgehead atoms. The predicted octanol–water partition coefficient (Wildman–Crippen LogP) is 4.92. The molecule has 3 aromatic carbocycles. The number of carbonyl (C=O) groups excluding carboxylic acids is 2. The summed E-state index contributed by atoms with van der Waals surface area (Å²) in [5.74, 6) is -0.176. The molecule has 1 atom stereocenters. The maximum absolute atomic E-state index is 14.1. The van der Waals surface area contributed by atoms with Gasteiger partial charge in [0.25, 0.3) is 10.0 Å². The van der Waals surface area contributed by atoms with E-state index in [2.05, 4.69) is 5.32 Å². The number of rotatable bonds is 13. The normalized spacial score (nSPS) is 12.1. The Kier molecular flexibility index (Phi) is 10.7. The van der Waals surface area contributed by atoms with Gasteiger partial charge in [0.2, 0.25) is 11.8 Å². The summed E-state index contributed by atoms with van der Waals surface area (Å²) < 4.78 is 34.4. The summed E-state index contributed by atoms with van der Waals surface area (Å²) in [6.45, 7) is 9.52. The summed E-state index contributed by atoms with van der Waals surface area (Å²) in [5, 5.41) is 2.91. The topological polar surface area (TPSA) is 96.0 Å². The first-order valence-corrected chi connectivity index (χ1v) is 15.0. The molecule has 3 aromatic rings. The first-order chi connectivity index (χ1) is 19.1. The summed E-state index contributed by atoms with van der Waals surface area (Å²) in [6.07, 6.45) is 0.366. The van der Waals surface area contributed by atoms with Crippen LogP contribution in [0.5, 0.6) is 5.75 Å². The van der Waals surface area contributed by atoms with Gasteiger partial charge in [-0.15, -0.1) is 0 Å². The van der Waals surface area contributed by atoms with E-state index in [0.717, 1.165) is 15.4 Å². The molecule has 0 unspecified atom stereocenters. The van der Waals surface area contributed by atoms with Crippen LogP contribution in [0.15, 0.2) is 83.8 Å². The third kappa shape index (κ3) is 7.85. The minimum absolute atomic E-state index is 0.0616. The number of aryl methyl sites for hydroxylation is 1. The molecular weight excluding hydrogens is 526 g/mol. The number of ether oxygens (including phenoxy) is 1. The Bertz CT molecular complexity index is 1380. The van der Waals surface area contributed by atoms with Crippen molar-refractivity contribution in [1.29, 1.82) is 0 Å². The summed E-state index contributed by atoms with van der Waals surface area (Å²) in [7, 11) is -4.11. The minimum Gasteiger partial charge on any atom is -0.494 e. The van der Waals surface area contributed by atoms with E-state index >= 15 is 0 Å². The number of hydrogen-bond donors (Lipinski definition) is 1. The molecule has 0 saturated heterocycles. The molecular formula is C31H39N3O5S. The van der Waals surface area contributed by atoms with Crippen LogP contribution in [0.1, 0.15) is 45.2 Å². The second kappa shape index (κ2) is 14.0. The average Bonchev–Trinajstić information content (AvgIpc) is 2.92. The lowest BCUT2D eigenvalue weighted by atomic mass is 10.1. The molecule has 0 aliphatic rings. The van der Waals surface area contributed by atoms with Gasteiger partial charge in [-0.1, -0.05) is 55.0 Å². The number of anilines is 1. The largest absolute Gasteiger partial charge is 0.494 e. The van der Waals surface area contributed by atoms with Crippen LogP contribution >= 0.6 is 0 Å². The smallest absolute Gasteiger partial charge is 0.264 e. The van der Waals surface area contributed by atoms with Crippen molar-refractivity contribution in [1.82, 2.24) is 10.2 Å². The first kappa shape index (κ1) is 30.7. The van der Waals surface area contributed by atoms with Gasteiger partial charge in [0.1, 0.15) is 18.3 Å². The molecule has 1 N–H and O–H groups in total. The SMILES string of the molecule is CCOc1ccc(N(CC(=O)N(Cc2cccc(C)c2)[C@H](CC)C(=O)NC(C)C)S(=O)(=O)c2ccccc2)cc1. The van der Waals surface area contributed by atoms with Gasteiger partial charge in [0, 0.05) is 12.6 Å². The lowest BCUT2D eigenvalue weighted by molar-refractivity contribution is -0.140. The molecule has 3 rings (SSSR count). The third-order valence-corrected chi connectivity index (χ3v) is 8.09. The number of amides is 2. The monoisotopic (exact) mass is 565 g/mol. The molecule has 0 aliphatic carbocycles. The van der Waals surface area contributed by atoms with Crippen LogP contribution in [0.2, 0.25) is 0 Å². The van der Waals surface area contributed by atoms with Crippen molar-refractivity contribution in [2.45, 2.75) is 64.6 Å².